The van der Waals surface area contributed by atoms with Crippen LogP contribution in [-0.4, -0.2) is 40.1 Å². The van der Waals surface area contributed by atoms with Crippen molar-refractivity contribution in [2.24, 2.45) is 5.73 Å². The highest BCUT2D eigenvalue weighted by Crippen LogP contribution is 2.28. The highest BCUT2D eigenvalue weighted by molar-refractivity contribution is 8.00. The summed E-state index contributed by atoms with van der Waals surface area (Å²) in [6.45, 7) is 0. The number of carboxylic acid groups (broad SMARTS) is 1. The number of nitrogens with two attached hydrogens (primary N) is 1. The smallest absolute Gasteiger partial charge is 0.321 e. The van der Waals surface area contributed by atoms with Crippen LogP contribution in [-0.2, 0) is 9.59 Å². The first-order valence-electron chi connectivity index (χ1n) is 5.77. The maximum Gasteiger partial charge on any atom is 0.321 e. The van der Waals surface area contributed by atoms with Crippen molar-refractivity contribution in [2.45, 2.75) is 37.3 Å². The molecule has 100 valence electrons. The summed E-state index contributed by atoms with van der Waals surface area (Å²) in [5, 5.41) is 20.4. The molecule has 0 radical (unpaired) electrons. The lowest BCUT2D eigenvalue weighted by Gasteiger charge is -2.21. The van der Waals surface area contributed by atoms with Crippen LogP contribution in [0.2, 0.25) is 0 Å². The number of amides is 1. The number of carboxylic acids is 1. The zero-order chi connectivity index (χ0) is 13.6. The van der Waals surface area contributed by atoms with Gasteiger partial charge in [0.25, 0.3) is 0 Å². The average molecular weight is 271 g/mol. The molecule has 0 aromatic carbocycles. The third-order valence-electron chi connectivity index (χ3n) is 2.90. The van der Waals surface area contributed by atoms with Crippen LogP contribution >= 0.6 is 11.8 Å². The van der Waals surface area contributed by atoms with Gasteiger partial charge in [0.05, 0.1) is 11.8 Å². The van der Waals surface area contributed by atoms with Gasteiger partial charge in [-0.05, 0) is 25.7 Å². The van der Waals surface area contributed by atoms with E-state index in [2.05, 4.69) is 11.4 Å². The fraction of sp³-hybridized carbons (Fsp3) is 0.727. The third kappa shape index (κ3) is 4.20. The zero-order valence-electron chi connectivity index (χ0n) is 10.0. The van der Waals surface area contributed by atoms with Crippen molar-refractivity contribution in [2.75, 3.05) is 11.5 Å². The highest BCUT2D eigenvalue weighted by Gasteiger charge is 2.35. The van der Waals surface area contributed by atoms with Gasteiger partial charge in [0.2, 0.25) is 5.91 Å². The molecule has 0 saturated heterocycles. The summed E-state index contributed by atoms with van der Waals surface area (Å²) in [6, 6.07) is 1.21. The summed E-state index contributed by atoms with van der Waals surface area (Å²) >= 11 is 1.16. The number of nitrogens with one attached hydrogen (secondary N) is 1. The van der Waals surface area contributed by atoms with Crippen molar-refractivity contribution in [3.05, 3.63) is 0 Å². The molecule has 4 N–H and O–H groups in total. The van der Waals surface area contributed by atoms with Crippen LogP contribution in [0.4, 0.5) is 0 Å². The number of thioether (sulfide) groups is 1. The molecule has 1 aliphatic carbocycles. The van der Waals surface area contributed by atoms with Crippen molar-refractivity contribution in [3.63, 3.8) is 0 Å². The summed E-state index contributed by atoms with van der Waals surface area (Å²) < 4.78 is 0. The first kappa shape index (κ1) is 14.8. The van der Waals surface area contributed by atoms with E-state index in [4.69, 9.17) is 16.1 Å². The lowest BCUT2D eigenvalue weighted by Crippen LogP contribution is -2.46. The molecule has 6 nitrogen and oxygen atoms in total. The minimum absolute atomic E-state index is 0.129. The minimum Gasteiger partial charge on any atom is -0.480 e. The zero-order valence-corrected chi connectivity index (χ0v) is 10.8. The van der Waals surface area contributed by atoms with Gasteiger partial charge in [-0.15, -0.1) is 11.8 Å². The van der Waals surface area contributed by atoms with Crippen LogP contribution in [0.25, 0.3) is 0 Å². The van der Waals surface area contributed by atoms with Crippen LogP contribution < -0.4 is 11.1 Å². The Kier molecular flexibility index (Phi) is 5.44. The summed E-state index contributed by atoms with van der Waals surface area (Å²) in [5.41, 5.74) is 4.60. The lowest BCUT2D eigenvalue weighted by atomic mass is 10.0. The van der Waals surface area contributed by atoms with E-state index in [0.717, 1.165) is 24.6 Å². The van der Waals surface area contributed by atoms with E-state index in [1.54, 1.807) is 0 Å². The quantitative estimate of drug-likeness (QED) is 0.630. The van der Waals surface area contributed by atoms with Crippen molar-refractivity contribution >= 4 is 23.6 Å². The molecule has 0 spiro atoms. The Bertz CT molecular complexity index is 361. The number of carbonyl (C=O) groups excluding carboxylic acids is 1. The van der Waals surface area contributed by atoms with E-state index in [1.165, 1.54) is 0 Å². The number of nitrogens with zero attached hydrogens (tertiary/aromatic N) is 1. The summed E-state index contributed by atoms with van der Waals surface area (Å²) in [6.07, 6.45) is 3.28. The van der Waals surface area contributed by atoms with Gasteiger partial charge in [0, 0.05) is 5.75 Å². The Morgan fingerprint density at radius 3 is 2.61 bits per heavy atom. The summed E-state index contributed by atoms with van der Waals surface area (Å²) in [5.74, 6) is -1.000. The molecular formula is C11H17N3O3S. The number of hydrogen-bond acceptors (Lipinski definition) is 5. The van der Waals surface area contributed by atoms with Gasteiger partial charge in [0.1, 0.15) is 11.6 Å². The standard InChI is InChI=1S/C11H17N3O3S/c12-7-11(3-1-2-4-11)14-9(15)6-18-5-8(13)10(16)17/h8H,1-6,13H2,(H,14,15)(H,16,17). The van der Waals surface area contributed by atoms with E-state index >= 15 is 0 Å². The van der Waals surface area contributed by atoms with E-state index < -0.39 is 17.6 Å². The maximum absolute atomic E-state index is 11.6. The SMILES string of the molecule is N#CC1(NC(=O)CSCC(N)C(=O)O)CCCC1. The Labute approximate surface area is 110 Å². The Morgan fingerprint density at radius 2 is 2.11 bits per heavy atom. The van der Waals surface area contributed by atoms with Crippen LogP contribution in [0, 0.1) is 11.3 Å². The fourth-order valence-electron chi connectivity index (χ4n) is 1.90. The van der Waals surface area contributed by atoms with Crippen LogP contribution in [0.5, 0.6) is 0 Å². The molecule has 1 unspecified atom stereocenters. The van der Waals surface area contributed by atoms with E-state index in [1.807, 2.05) is 0 Å². The van der Waals surface area contributed by atoms with Crippen LogP contribution in [0.15, 0.2) is 0 Å². The van der Waals surface area contributed by atoms with Crippen molar-refractivity contribution in [1.82, 2.24) is 5.32 Å². The molecule has 0 heterocycles. The number of carbonyl (C=O) groups is 2. The molecule has 1 atom stereocenters. The molecule has 0 aliphatic heterocycles. The molecule has 18 heavy (non-hydrogen) atoms. The minimum atomic E-state index is -1.08. The molecule has 1 rings (SSSR count). The average Bonchev–Trinajstić information content (AvgIpc) is 2.77. The summed E-state index contributed by atoms with van der Waals surface area (Å²) in [7, 11) is 0. The second kappa shape index (κ2) is 6.61. The van der Waals surface area contributed by atoms with Gasteiger partial charge < -0.3 is 16.2 Å². The predicted molar refractivity (Wildman–Crippen MR) is 67.9 cm³/mol. The van der Waals surface area contributed by atoms with E-state index in [-0.39, 0.29) is 17.4 Å². The molecule has 1 aliphatic rings. The molecule has 0 bridgehead atoms. The first-order valence-corrected chi connectivity index (χ1v) is 6.93. The Morgan fingerprint density at radius 1 is 1.50 bits per heavy atom. The number of rotatable bonds is 6. The predicted octanol–water partition coefficient (Wildman–Crippen LogP) is 0.0841. The number of aliphatic carboxylic acids is 1. The van der Waals surface area contributed by atoms with E-state index in [9.17, 15) is 9.59 Å². The molecular weight excluding hydrogens is 254 g/mol. The third-order valence-corrected chi connectivity index (χ3v) is 3.96. The van der Waals surface area contributed by atoms with Gasteiger partial charge in [-0.25, -0.2) is 0 Å². The van der Waals surface area contributed by atoms with Crippen LogP contribution in [0.1, 0.15) is 25.7 Å². The normalized spacial score (nSPS) is 18.9. The Balaban J connectivity index is 2.30. The van der Waals surface area contributed by atoms with Crippen molar-refractivity contribution in [1.29, 1.82) is 5.26 Å². The lowest BCUT2D eigenvalue weighted by molar-refractivity contribution is -0.138. The number of hydrogen-bond donors (Lipinski definition) is 3. The second-order valence-corrected chi connectivity index (χ2v) is 5.44. The largest absolute Gasteiger partial charge is 0.480 e. The van der Waals surface area contributed by atoms with Gasteiger partial charge in [0.15, 0.2) is 0 Å². The topological polar surface area (TPSA) is 116 Å². The molecule has 1 saturated carbocycles. The van der Waals surface area contributed by atoms with Gasteiger partial charge in [-0.3, -0.25) is 9.59 Å². The molecule has 0 aromatic heterocycles. The number of nitriles is 1. The Hall–Kier alpha value is -1.26. The molecule has 0 aromatic rings. The van der Waals surface area contributed by atoms with Gasteiger partial charge in [-0.2, -0.15) is 5.26 Å². The second-order valence-electron chi connectivity index (χ2n) is 4.41. The maximum atomic E-state index is 11.6. The first-order chi connectivity index (χ1) is 8.49. The molecule has 1 fully saturated rings. The van der Waals surface area contributed by atoms with Gasteiger partial charge in [-0.1, -0.05) is 0 Å². The highest BCUT2D eigenvalue weighted by atomic mass is 32.2. The monoisotopic (exact) mass is 271 g/mol. The van der Waals surface area contributed by atoms with E-state index in [0.29, 0.717) is 12.8 Å². The van der Waals surface area contributed by atoms with Gasteiger partial charge >= 0.3 is 5.97 Å². The van der Waals surface area contributed by atoms with Crippen molar-refractivity contribution < 1.29 is 14.7 Å². The molecule has 7 heteroatoms. The van der Waals surface area contributed by atoms with Crippen LogP contribution in [0.3, 0.4) is 0 Å². The van der Waals surface area contributed by atoms with Crippen molar-refractivity contribution in [3.8, 4) is 6.07 Å². The summed E-state index contributed by atoms with van der Waals surface area (Å²) in [4.78, 5) is 22.1. The fourth-order valence-corrected chi connectivity index (χ4v) is 2.67. The molecule has 1 amide bonds.